The van der Waals surface area contributed by atoms with Crippen LogP contribution in [0.2, 0.25) is 0 Å². The van der Waals surface area contributed by atoms with Gasteiger partial charge in [-0.1, -0.05) is 0 Å². The number of nitro benzene ring substituents is 1. The number of anilines is 2. The molecular formula is C18H15N3O4. The van der Waals surface area contributed by atoms with Crippen molar-refractivity contribution < 1.29 is 14.5 Å². The van der Waals surface area contributed by atoms with Gasteiger partial charge in [-0.2, -0.15) is 0 Å². The fourth-order valence-corrected chi connectivity index (χ4v) is 2.52. The van der Waals surface area contributed by atoms with Crippen molar-refractivity contribution in [1.29, 1.82) is 0 Å². The van der Waals surface area contributed by atoms with Gasteiger partial charge in [0.2, 0.25) is 11.8 Å². The van der Waals surface area contributed by atoms with Crippen LogP contribution >= 0.6 is 0 Å². The van der Waals surface area contributed by atoms with Gasteiger partial charge in [0.25, 0.3) is 5.69 Å². The van der Waals surface area contributed by atoms with E-state index in [0.717, 1.165) is 11.3 Å². The molecule has 7 nitrogen and oxygen atoms in total. The number of nitrogens with zero attached hydrogens (tertiary/aromatic N) is 1. The Balaban J connectivity index is 1.64. The smallest absolute Gasteiger partial charge is 0.269 e. The number of benzene rings is 2. The molecule has 1 aliphatic rings. The van der Waals surface area contributed by atoms with Crippen LogP contribution in [0, 0.1) is 10.1 Å². The molecule has 0 bridgehead atoms. The van der Waals surface area contributed by atoms with Crippen LogP contribution in [-0.4, -0.2) is 16.7 Å². The normalized spacial score (nSPS) is 13.2. The molecule has 126 valence electrons. The van der Waals surface area contributed by atoms with E-state index in [0.29, 0.717) is 24.1 Å². The lowest BCUT2D eigenvalue weighted by Gasteiger charge is -2.17. The minimum atomic E-state index is -0.473. The number of carbonyl (C=O) groups excluding carboxylic acids is 2. The van der Waals surface area contributed by atoms with E-state index in [2.05, 4.69) is 10.6 Å². The Morgan fingerprint density at radius 1 is 1.16 bits per heavy atom. The first kappa shape index (κ1) is 16.4. The van der Waals surface area contributed by atoms with E-state index in [1.807, 2.05) is 6.07 Å². The Morgan fingerprint density at radius 3 is 2.64 bits per heavy atom. The zero-order chi connectivity index (χ0) is 17.8. The van der Waals surface area contributed by atoms with Gasteiger partial charge in [0, 0.05) is 36.0 Å². The number of aryl methyl sites for hydroxylation is 1. The van der Waals surface area contributed by atoms with Crippen LogP contribution in [0.1, 0.15) is 17.5 Å². The molecule has 1 aliphatic heterocycles. The van der Waals surface area contributed by atoms with E-state index in [9.17, 15) is 19.7 Å². The highest BCUT2D eigenvalue weighted by Crippen LogP contribution is 2.25. The number of fused-ring (bicyclic) bond motifs is 1. The minimum absolute atomic E-state index is 0.00255. The summed E-state index contributed by atoms with van der Waals surface area (Å²) < 4.78 is 0. The second-order valence-corrected chi connectivity index (χ2v) is 5.59. The molecular weight excluding hydrogens is 322 g/mol. The second kappa shape index (κ2) is 6.96. The number of rotatable bonds is 4. The summed E-state index contributed by atoms with van der Waals surface area (Å²) in [5, 5.41) is 16.1. The monoisotopic (exact) mass is 337 g/mol. The Morgan fingerprint density at radius 2 is 1.92 bits per heavy atom. The summed E-state index contributed by atoms with van der Waals surface area (Å²) in [7, 11) is 0. The zero-order valence-corrected chi connectivity index (χ0v) is 13.2. The summed E-state index contributed by atoms with van der Waals surface area (Å²) in [6.45, 7) is 0. The van der Waals surface area contributed by atoms with Crippen molar-refractivity contribution in [2.75, 3.05) is 10.6 Å². The summed E-state index contributed by atoms with van der Waals surface area (Å²) in [5.74, 6) is -0.312. The third kappa shape index (κ3) is 4.08. The number of nitrogens with one attached hydrogen (secondary N) is 2. The summed E-state index contributed by atoms with van der Waals surface area (Å²) >= 11 is 0. The van der Waals surface area contributed by atoms with Gasteiger partial charge in [-0.05, 0) is 54.0 Å². The van der Waals surface area contributed by atoms with E-state index < -0.39 is 4.92 Å². The molecule has 0 aliphatic carbocycles. The molecule has 0 spiro atoms. The van der Waals surface area contributed by atoms with E-state index in [1.165, 1.54) is 18.2 Å². The molecule has 0 radical (unpaired) electrons. The van der Waals surface area contributed by atoms with Gasteiger partial charge in [-0.3, -0.25) is 19.7 Å². The van der Waals surface area contributed by atoms with Crippen molar-refractivity contribution in [3.8, 4) is 0 Å². The highest BCUT2D eigenvalue weighted by Gasteiger charge is 2.14. The SMILES string of the molecule is O=C(/C=C/c1ccc([N+](=O)[O-])cc1)Nc1ccc2c(c1)CCC(=O)N2. The van der Waals surface area contributed by atoms with Crippen LogP contribution in [0.4, 0.5) is 17.1 Å². The van der Waals surface area contributed by atoms with Crippen LogP contribution in [0.15, 0.2) is 48.5 Å². The molecule has 2 amide bonds. The molecule has 2 aromatic carbocycles. The first-order chi connectivity index (χ1) is 12.0. The van der Waals surface area contributed by atoms with Gasteiger partial charge >= 0.3 is 0 Å². The van der Waals surface area contributed by atoms with Gasteiger partial charge in [0.1, 0.15) is 0 Å². The topological polar surface area (TPSA) is 101 Å². The van der Waals surface area contributed by atoms with Gasteiger partial charge in [0.05, 0.1) is 4.92 Å². The maximum Gasteiger partial charge on any atom is 0.269 e. The zero-order valence-electron chi connectivity index (χ0n) is 13.2. The van der Waals surface area contributed by atoms with Crippen LogP contribution in [0.25, 0.3) is 6.08 Å². The third-order valence-electron chi connectivity index (χ3n) is 3.80. The number of hydrogen-bond acceptors (Lipinski definition) is 4. The highest BCUT2D eigenvalue weighted by atomic mass is 16.6. The Labute approximate surface area is 143 Å². The van der Waals surface area contributed by atoms with Gasteiger partial charge < -0.3 is 10.6 Å². The molecule has 0 atom stereocenters. The molecule has 0 unspecified atom stereocenters. The van der Waals surface area contributed by atoms with Crippen molar-refractivity contribution >= 4 is 35.0 Å². The lowest BCUT2D eigenvalue weighted by molar-refractivity contribution is -0.384. The lowest BCUT2D eigenvalue weighted by Crippen LogP contribution is -2.19. The van der Waals surface area contributed by atoms with E-state index in [4.69, 9.17) is 0 Å². The van der Waals surface area contributed by atoms with Crippen LogP contribution < -0.4 is 10.6 Å². The number of hydrogen-bond donors (Lipinski definition) is 2. The van der Waals surface area contributed by atoms with Gasteiger partial charge in [-0.25, -0.2) is 0 Å². The van der Waals surface area contributed by atoms with Gasteiger partial charge in [-0.15, -0.1) is 0 Å². The minimum Gasteiger partial charge on any atom is -0.326 e. The number of non-ortho nitro benzene ring substituents is 1. The molecule has 2 aromatic rings. The number of amides is 2. The summed E-state index contributed by atoms with van der Waals surface area (Å²) in [4.78, 5) is 33.5. The molecule has 0 saturated heterocycles. The molecule has 7 heteroatoms. The quantitative estimate of drug-likeness (QED) is 0.508. The Hall–Kier alpha value is -3.48. The second-order valence-electron chi connectivity index (χ2n) is 5.59. The van der Waals surface area contributed by atoms with Gasteiger partial charge in [0.15, 0.2) is 0 Å². The Bertz CT molecular complexity index is 872. The molecule has 0 aromatic heterocycles. The van der Waals surface area contributed by atoms with E-state index >= 15 is 0 Å². The maximum atomic E-state index is 12.0. The lowest BCUT2D eigenvalue weighted by atomic mass is 10.0. The van der Waals surface area contributed by atoms with Crippen molar-refractivity contribution in [2.24, 2.45) is 0 Å². The molecule has 0 fully saturated rings. The van der Waals surface area contributed by atoms with Crippen LogP contribution in [-0.2, 0) is 16.0 Å². The van der Waals surface area contributed by atoms with Crippen LogP contribution in [0.5, 0.6) is 0 Å². The third-order valence-corrected chi connectivity index (χ3v) is 3.80. The molecule has 0 saturated carbocycles. The molecule has 2 N–H and O–H groups in total. The summed E-state index contributed by atoms with van der Waals surface area (Å²) in [6, 6.07) is 11.2. The Kier molecular flexibility index (Phi) is 4.56. The average molecular weight is 337 g/mol. The molecule has 3 rings (SSSR count). The highest BCUT2D eigenvalue weighted by molar-refractivity contribution is 6.02. The predicted octanol–water partition coefficient (Wildman–Crippen LogP) is 3.13. The fraction of sp³-hybridized carbons (Fsp3) is 0.111. The van der Waals surface area contributed by atoms with Crippen LogP contribution in [0.3, 0.4) is 0 Å². The molecule has 25 heavy (non-hydrogen) atoms. The molecule has 1 heterocycles. The van der Waals surface area contributed by atoms with E-state index in [-0.39, 0.29) is 17.5 Å². The summed E-state index contributed by atoms with van der Waals surface area (Å²) in [5.41, 5.74) is 3.09. The maximum absolute atomic E-state index is 12.0. The van der Waals surface area contributed by atoms with Crippen molar-refractivity contribution in [3.05, 3.63) is 69.8 Å². The van der Waals surface area contributed by atoms with Crippen molar-refractivity contribution in [3.63, 3.8) is 0 Å². The average Bonchev–Trinajstić information content (AvgIpc) is 2.60. The number of nitro groups is 1. The fourth-order valence-electron chi connectivity index (χ4n) is 2.52. The summed E-state index contributed by atoms with van der Waals surface area (Å²) in [6.07, 6.45) is 4.02. The van der Waals surface area contributed by atoms with Crippen molar-refractivity contribution in [2.45, 2.75) is 12.8 Å². The first-order valence-electron chi connectivity index (χ1n) is 7.67. The predicted molar refractivity (Wildman–Crippen MR) is 94.2 cm³/mol. The van der Waals surface area contributed by atoms with E-state index in [1.54, 1.807) is 30.3 Å². The standard InChI is InChI=1S/C18H15N3O4/c22-17(9-3-12-1-6-15(7-2-12)21(24)25)19-14-5-8-16-13(11-14)4-10-18(23)20-16/h1-3,5-9,11H,4,10H2,(H,19,22)(H,20,23)/b9-3+. The van der Waals surface area contributed by atoms with Crippen molar-refractivity contribution in [1.82, 2.24) is 0 Å². The first-order valence-corrected chi connectivity index (χ1v) is 7.67. The largest absolute Gasteiger partial charge is 0.326 e. The number of carbonyl (C=O) groups is 2.